The maximum absolute atomic E-state index is 13.4. The second-order valence-electron chi connectivity index (χ2n) is 8.21. The minimum Gasteiger partial charge on any atom is -0.493 e. The van der Waals surface area contributed by atoms with Crippen LogP contribution in [0.1, 0.15) is 28.4 Å². The van der Waals surface area contributed by atoms with Crippen molar-refractivity contribution in [2.75, 3.05) is 25.6 Å². The van der Waals surface area contributed by atoms with E-state index in [0.29, 0.717) is 39.8 Å². The van der Waals surface area contributed by atoms with Crippen molar-refractivity contribution in [3.63, 3.8) is 0 Å². The fraction of sp³-hybridized carbons (Fsp3) is 0.200. The molecule has 0 bridgehead atoms. The molecule has 0 aliphatic carbocycles. The zero-order chi connectivity index (χ0) is 23.8. The fourth-order valence-electron chi connectivity index (χ4n) is 4.28. The van der Waals surface area contributed by atoms with E-state index in [4.69, 9.17) is 27.9 Å². The molecule has 7 nitrogen and oxygen atoms in total. The number of carbonyl (C=O) groups excluding carboxylic acids is 1. The van der Waals surface area contributed by atoms with E-state index in [1.807, 2.05) is 31.1 Å². The second-order valence-corrected chi connectivity index (χ2v) is 9.08. The zero-order valence-electron chi connectivity index (χ0n) is 18.5. The highest BCUT2D eigenvalue weighted by molar-refractivity contribution is 6.35. The van der Waals surface area contributed by atoms with Crippen molar-refractivity contribution in [2.45, 2.75) is 12.5 Å². The van der Waals surface area contributed by atoms with Crippen LogP contribution in [0, 0.1) is 0 Å². The number of ether oxygens (including phenoxy) is 1. The molecule has 34 heavy (non-hydrogen) atoms. The van der Waals surface area contributed by atoms with Crippen molar-refractivity contribution in [1.29, 1.82) is 0 Å². The van der Waals surface area contributed by atoms with Crippen LogP contribution in [0.15, 0.2) is 55.1 Å². The third-order valence-electron chi connectivity index (χ3n) is 5.74. The zero-order valence-corrected chi connectivity index (χ0v) is 20.1. The van der Waals surface area contributed by atoms with Crippen molar-refractivity contribution >= 4 is 45.7 Å². The summed E-state index contributed by atoms with van der Waals surface area (Å²) in [6.07, 6.45) is 7.36. The first-order valence-corrected chi connectivity index (χ1v) is 11.5. The van der Waals surface area contributed by atoms with Crippen molar-refractivity contribution in [1.82, 2.24) is 20.3 Å². The number of amides is 1. The molecule has 1 N–H and O–H groups in total. The van der Waals surface area contributed by atoms with Gasteiger partial charge in [0.1, 0.15) is 5.75 Å². The van der Waals surface area contributed by atoms with Crippen molar-refractivity contribution in [3.8, 4) is 17.0 Å². The van der Waals surface area contributed by atoms with Crippen LogP contribution in [-0.4, -0.2) is 41.6 Å². The Hall–Kier alpha value is -3.42. The molecule has 0 spiro atoms. The molecule has 4 aromatic rings. The number of halogens is 2. The predicted octanol–water partition coefficient (Wildman–Crippen LogP) is 5.32. The van der Waals surface area contributed by atoms with Crippen LogP contribution in [0.5, 0.6) is 5.75 Å². The molecule has 1 aliphatic heterocycles. The summed E-state index contributed by atoms with van der Waals surface area (Å²) in [6.45, 7) is 0.524. The number of hydrogen-bond donors (Lipinski definition) is 1. The first kappa shape index (κ1) is 22.4. The highest BCUT2D eigenvalue weighted by Crippen LogP contribution is 2.36. The molecule has 1 amide bonds. The van der Waals surface area contributed by atoms with E-state index in [2.05, 4.69) is 20.3 Å². The lowest BCUT2D eigenvalue weighted by molar-refractivity contribution is 0.0925. The third kappa shape index (κ3) is 4.13. The Morgan fingerprint density at radius 3 is 2.65 bits per heavy atom. The van der Waals surface area contributed by atoms with Gasteiger partial charge in [-0.25, -0.2) is 0 Å². The molecule has 5 rings (SSSR count). The minimum atomic E-state index is -0.219. The van der Waals surface area contributed by atoms with Crippen LogP contribution in [0.25, 0.3) is 22.2 Å². The topological polar surface area (TPSA) is 80.2 Å². The number of anilines is 1. The van der Waals surface area contributed by atoms with Crippen molar-refractivity contribution < 1.29 is 9.53 Å². The molecule has 1 atom stereocenters. The monoisotopic (exact) mass is 493 g/mol. The average molecular weight is 494 g/mol. The molecule has 3 aromatic heterocycles. The van der Waals surface area contributed by atoms with Crippen LogP contribution in [0.2, 0.25) is 10.0 Å². The summed E-state index contributed by atoms with van der Waals surface area (Å²) in [7, 11) is 3.80. The van der Waals surface area contributed by atoms with Gasteiger partial charge < -0.3 is 15.0 Å². The van der Waals surface area contributed by atoms with Gasteiger partial charge in [0.05, 0.1) is 35.1 Å². The summed E-state index contributed by atoms with van der Waals surface area (Å²) in [5, 5.41) is 4.96. The number of benzene rings is 1. The lowest BCUT2D eigenvalue weighted by atomic mass is 10.0. The van der Waals surface area contributed by atoms with Gasteiger partial charge in [-0.15, -0.1) is 0 Å². The van der Waals surface area contributed by atoms with Crippen LogP contribution in [-0.2, 0) is 0 Å². The average Bonchev–Trinajstić information content (AvgIpc) is 2.82. The van der Waals surface area contributed by atoms with E-state index in [9.17, 15) is 4.79 Å². The van der Waals surface area contributed by atoms with Crippen molar-refractivity contribution in [3.05, 3.63) is 76.3 Å². The molecular weight excluding hydrogens is 473 g/mol. The first-order valence-electron chi connectivity index (χ1n) is 10.7. The lowest BCUT2D eigenvalue weighted by Crippen LogP contribution is -2.33. The molecule has 4 heterocycles. The van der Waals surface area contributed by atoms with Gasteiger partial charge >= 0.3 is 0 Å². The molecule has 1 aliphatic rings. The number of fused-ring (bicyclic) bond motifs is 2. The largest absolute Gasteiger partial charge is 0.493 e. The Morgan fingerprint density at radius 2 is 1.88 bits per heavy atom. The first-order chi connectivity index (χ1) is 16.4. The van der Waals surface area contributed by atoms with E-state index < -0.39 is 0 Å². The summed E-state index contributed by atoms with van der Waals surface area (Å²) in [6, 6.07) is 8.73. The van der Waals surface area contributed by atoms with Gasteiger partial charge in [-0.05, 0) is 30.3 Å². The Morgan fingerprint density at radius 1 is 1.09 bits per heavy atom. The molecule has 0 fully saturated rings. The highest BCUT2D eigenvalue weighted by Gasteiger charge is 2.26. The van der Waals surface area contributed by atoms with Crippen LogP contribution in [0.4, 0.5) is 5.69 Å². The molecule has 0 saturated heterocycles. The van der Waals surface area contributed by atoms with Crippen molar-refractivity contribution in [2.24, 2.45) is 0 Å². The number of aromatic nitrogens is 3. The normalized spacial score (nSPS) is 14.9. The molecule has 9 heteroatoms. The molecule has 0 radical (unpaired) electrons. The van der Waals surface area contributed by atoms with E-state index in [0.717, 1.165) is 28.0 Å². The quantitative estimate of drug-likeness (QED) is 0.414. The maximum Gasteiger partial charge on any atom is 0.255 e. The second kappa shape index (κ2) is 9.08. The number of nitrogens with one attached hydrogen (secondary N) is 1. The summed E-state index contributed by atoms with van der Waals surface area (Å²) in [5.74, 6) is 0.524. The Balaban J connectivity index is 1.58. The summed E-state index contributed by atoms with van der Waals surface area (Å²) >= 11 is 12.4. The number of nitrogens with zero attached hydrogens (tertiary/aromatic N) is 4. The minimum absolute atomic E-state index is 0.197. The highest BCUT2D eigenvalue weighted by atomic mass is 35.5. The summed E-state index contributed by atoms with van der Waals surface area (Å²) < 4.78 is 5.69. The predicted molar refractivity (Wildman–Crippen MR) is 134 cm³/mol. The van der Waals surface area contributed by atoms with Crippen LogP contribution < -0.4 is 15.0 Å². The van der Waals surface area contributed by atoms with Crippen LogP contribution >= 0.6 is 23.2 Å². The standard InChI is InChI=1S/C25H21Cl2N5O2/c1-32(2)24-17-3-7-29-22(14-9-15(26)11-16(27)10-14)23(17)30-13-19(24)25(33)31-20-5-8-34-21-4-6-28-12-18(20)21/h3-4,6-7,9-13,20H,5,8H2,1-2H3,(H,31,33)/t20-/m0/s1. The number of pyridine rings is 3. The summed E-state index contributed by atoms with van der Waals surface area (Å²) in [5.41, 5.74) is 4.13. The number of rotatable bonds is 4. The van der Waals surface area contributed by atoms with E-state index in [-0.39, 0.29) is 11.9 Å². The van der Waals surface area contributed by atoms with Gasteiger partial charge in [-0.1, -0.05) is 23.2 Å². The number of hydrogen-bond acceptors (Lipinski definition) is 6. The van der Waals surface area contributed by atoms with E-state index in [1.54, 1.807) is 43.0 Å². The van der Waals surface area contributed by atoms with Gasteiger partial charge in [0.15, 0.2) is 0 Å². The fourth-order valence-corrected chi connectivity index (χ4v) is 4.80. The van der Waals surface area contributed by atoms with Crippen LogP contribution in [0.3, 0.4) is 0 Å². The Bertz CT molecular complexity index is 1390. The third-order valence-corrected chi connectivity index (χ3v) is 6.18. The van der Waals surface area contributed by atoms with E-state index >= 15 is 0 Å². The van der Waals surface area contributed by atoms with Gasteiger partial charge in [-0.2, -0.15) is 0 Å². The van der Waals surface area contributed by atoms with Gasteiger partial charge in [0.25, 0.3) is 5.91 Å². The van der Waals surface area contributed by atoms with Gasteiger partial charge in [0, 0.05) is 71.9 Å². The molecule has 172 valence electrons. The lowest BCUT2D eigenvalue weighted by Gasteiger charge is -2.27. The smallest absolute Gasteiger partial charge is 0.255 e. The summed E-state index contributed by atoms with van der Waals surface area (Å²) in [4.78, 5) is 28.7. The Labute approximate surface area is 206 Å². The SMILES string of the molecule is CN(C)c1c(C(=O)N[C@H]2CCOc3ccncc32)cnc2c(-c3cc(Cl)cc(Cl)c3)nccc12. The van der Waals surface area contributed by atoms with E-state index in [1.165, 1.54) is 0 Å². The Kier molecular flexibility index (Phi) is 5.98. The molecular formula is C25H21Cl2N5O2. The maximum atomic E-state index is 13.4. The molecule has 0 saturated carbocycles. The molecule has 0 unspecified atom stereocenters. The number of carbonyl (C=O) groups is 1. The van der Waals surface area contributed by atoms with Gasteiger partial charge in [-0.3, -0.25) is 19.7 Å². The molecule has 1 aromatic carbocycles. The van der Waals surface area contributed by atoms with Gasteiger partial charge in [0.2, 0.25) is 0 Å².